The summed E-state index contributed by atoms with van der Waals surface area (Å²) in [6.07, 6.45) is 0.301. The Morgan fingerprint density at radius 1 is 1.48 bits per heavy atom. The quantitative estimate of drug-likeness (QED) is 0.877. The van der Waals surface area contributed by atoms with Crippen LogP contribution in [0.3, 0.4) is 0 Å². The van der Waals surface area contributed by atoms with Crippen LogP contribution in [0.15, 0.2) is 6.07 Å². The third-order valence-corrected chi connectivity index (χ3v) is 3.82. The number of aliphatic carboxylic acids is 1. The van der Waals surface area contributed by atoms with Crippen molar-refractivity contribution < 1.29 is 28.5 Å². The molecule has 0 amide bonds. The Balaban J connectivity index is 2.02. The monoisotopic (exact) mass is 297 g/mol. The van der Waals surface area contributed by atoms with Crippen LogP contribution in [0.2, 0.25) is 0 Å². The summed E-state index contributed by atoms with van der Waals surface area (Å²) < 4.78 is 30.6. The molecule has 3 rings (SSSR count). The first kappa shape index (κ1) is 13.9. The first-order valence-corrected chi connectivity index (χ1v) is 6.74. The van der Waals surface area contributed by atoms with E-state index in [-0.39, 0.29) is 11.3 Å². The van der Waals surface area contributed by atoms with E-state index in [1.165, 1.54) is 13.2 Å². The van der Waals surface area contributed by atoms with Gasteiger partial charge < -0.3 is 24.6 Å². The highest BCUT2D eigenvalue weighted by Gasteiger charge is 2.36. The summed E-state index contributed by atoms with van der Waals surface area (Å²) in [4.78, 5) is 11.1. The van der Waals surface area contributed by atoms with E-state index in [1.807, 2.05) is 0 Å². The minimum absolute atomic E-state index is 0.0647. The Morgan fingerprint density at radius 2 is 2.24 bits per heavy atom. The van der Waals surface area contributed by atoms with Crippen molar-refractivity contribution in [2.75, 3.05) is 26.9 Å². The van der Waals surface area contributed by atoms with Crippen molar-refractivity contribution in [3.8, 4) is 17.2 Å². The lowest BCUT2D eigenvalue weighted by atomic mass is 9.98. The Bertz CT molecular complexity index is 577. The van der Waals surface area contributed by atoms with Gasteiger partial charge in [-0.3, -0.25) is 4.79 Å². The van der Waals surface area contributed by atoms with Crippen LogP contribution >= 0.6 is 0 Å². The highest BCUT2D eigenvalue weighted by atomic mass is 19.1. The zero-order chi connectivity index (χ0) is 15.0. The molecule has 0 radical (unpaired) electrons. The Morgan fingerprint density at radius 3 is 2.90 bits per heavy atom. The van der Waals surface area contributed by atoms with Crippen molar-refractivity contribution in [1.29, 1.82) is 0 Å². The molecule has 2 aliphatic heterocycles. The predicted molar refractivity (Wildman–Crippen MR) is 70.4 cm³/mol. The van der Waals surface area contributed by atoms with E-state index in [4.69, 9.17) is 19.3 Å². The van der Waals surface area contributed by atoms with Gasteiger partial charge in [0.05, 0.1) is 18.6 Å². The maximum absolute atomic E-state index is 14.6. The van der Waals surface area contributed by atoms with Gasteiger partial charge in [0.25, 0.3) is 0 Å². The molecule has 1 aromatic rings. The molecule has 0 aromatic heterocycles. The van der Waals surface area contributed by atoms with Gasteiger partial charge >= 0.3 is 5.97 Å². The molecule has 1 fully saturated rings. The first-order valence-electron chi connectivity index (χ1n) is 6.74. The van der Waals surface area contributed by atoms with E-state index in [2.05, 4.69) is 5.32 Å². The summed E-state index contributed by atoms with van der Waals surface area (Å²) in [6.45, 7) is 1.02. The van der Waals surface area contributed by atoms with Gasteiger partial charge in [-0.05, 0) is 6.42 Å². The van der Waals surface area contributed by atoms with E-state index < -0.39 is 23.7 Å². The second kappa shape index (κ2) is 5.40. The number of carboxylic acid groups (broad SMARTS) is 1. The number of carbonyl (C=O) groups is 1. The second-order valence-corrected chi connectivity index (χ2v) is 5.06. The number of rotatable bonds is 3. The maximum atomic E-state index is 14.6. The summed E-state index contributed by atoms with van der Waals surface area (Å²) in [5, 5.41) is 12.1. The number of ether oxygens (including phenoxy) is 3. The predicted octanol–water partition coefficient (Wildman–Crippen LogP) is 1.34. The number of carboxylic acids is 1. The lowest BCUT2D eigenvalue weighted by Crippen LogP contribution is -2.22. The molecule has 0 saturated carbocycles. The van der Waals surface area contributed by atoms with Gasteiger partial charge in [-0.1, -0.05) is 0 Å². The minimum Gasteiger partial charge on any atom is -0.494 e. The highest BCUT2D eigenvalue weighted by molar-refractivity contribution is 5.71. The van der Waals surface area contributed by atoms with E-state index in [1.54, 1.807) is 0 Å². The van der Waals surface area contributed by atoms with Crippen molar-refractivity contribution in [2.24, 2.45) is 5.92 Å². The molecule has 0 spiro atoms. The van der Waals surface area contributed by atoms with Crippen molar-refractivity contribution in [3.05, 3.63) is 17.4 Å². The number of benzene rings is 1. The van der Waals surface area contributed by atoms with Gasteiger partial charge in [0.2, 0.25) is 0 Å². The van der Waals surface area contributed by atoms with Gasteiger partial charge in [-0.2, -0.15) is 0 Å². The zero-order valence-corrected chi connectivity index (χ0v) is 11.5. The summed E-state index contributed by atoms with van der Waals surface area (Å²) in [6, 6.07) is 1.02. The van der Waals surface area contributed by atoms with Crippen LogP contribution < -0.4 is 19.5 Å². The highest BCUT2D eigenvalue weighted by Crippen LogP contribution is 2.45. The van der Waals surface area contributed by atoms with Gasteiger partial charge in [0.15, 0.2) is 23.1 Å². The Labute approximate surface area is 120 Å². The van der Waals surface area contributed by atoms with Crippen molar-refractivity contribution in [2.45, 2.75) is 12.5 Å². The smallest absolute Gasteiger partial charge is 0.307 e. The third-order valence-electron chi connectivity index (χ3n) is 3.82. The minimum atomic E-state index is -0.889. The standard InChI is InChI=1S/C14H16FNO5/c1-19-9-5-10-13(21-3-2-20-10)11(12(9)15)8-4-7(6-16-8)14(17)18/h5,7-8,16H,2-4,6H2,1H3,(H,17,18). The second-order valence-electron chi connectivity index (χ2n) is 5.06. The number of halogens is 1. The SMILES string of the molecule is COc1cc2c(c(C3CC(C(=O)O)CN3)c1F)OCCO2. The maximum Gasteiger partial charge on any atom is 0.307 e. The largest absolute Gasteiger partial charge is 0.494 e. The molecule has 114 valence electrons. The molecule has 0 aliphatic carbocycles. The fourth-order valence-electron chi connectivity index (χ4n) is 2.77. The van der Waals surface area contributed by atoms with Crippen LogP contribution in [0.25, 0.3) is 0 Å². The van der Waals surface area contributed by atoms with Crippen molar-refractivity contribution >= 4 is 5.97 Å². The molecule has 2 N–H and O–H groups in total. The van der Waals surface area contributed by atoms with E-state index in [0.717, 1.165) is 0 Å². The van der Waals surface area contributed by atoms with Crippen LogP contribution in [-0.4, -0.2) is 37.9 Å². The molecule has 2 unspecified atom stereocenters. The van der Waals surface area contributed by atoms with E-state index in [0.29, 0.717) is 37.7 Å². The number of methoxy groups -OCH3 is 1. The molecule has 6 nitrogen and oxygen atoms in total. The summed E-state index contributed by atoms with van der Waals surface area (Å²) in [5.41, 5.74) is 0.285. The molecule has 0 bridgehead atoms. The van der Waals surface area contributed by atoms with Crippen molar-refractivity contribution in [3.63, 3.8) is 0 Å². The fourth-order valence-corrected chi connectivity index (χ4v) is 2.77. The average molecular weight is 297 g/mol. The molecule has 7 heteroatoms. The van der Waals surface area contributed by atoms with Crippen LogP contribution in [0.4, 0.5) is 4.39 Å². The van der Waals surface area contributed by atoms with Gasteiger partial charge in [-0.15, -0.1) is 0 Å². The molecule has 1 saturated heterocycles. The van der Waals surface area contributed by atoms with Gasteiger partial charge in [0.1, 0.15) is 13.2 Å². The molecule has 21 heavy (non-hydrogen) atoms. The third kappa shape index (κ3) is 2.37. The number of fused-ring (bicyclic) bond motifs is 1. The summed E-state index contributed by atoms with van der Waals surface area (Å²) in [7, 11) is 1.38. The lowest BCUT2D eigenvalue weighted by molar-refractivity contribution is -0.141. The molecule has 1 aromatic carbocycles. The Kier molecular flexibility index (Phi) is 3.59. The molecule has 2 aliphatic rings. The van der Waals surface area contributed by atoms with Gasteiger partial charge in [-0.25, -0.2) is 4.39 Å². The summed E-state index contributed by atoms with van der Waals surface area (Å²) in [5.74, 6) is -1.14. The first-order chi connectivity index (χ1) is 10.1. The van der Waals surface area contributed by atoms with Crippen LogP contribution in [0.1, 0.15) is 18.0 Å². The topological polar surface area (TPSA) is 77.0 Å². The molecule has 2 heterocycles. The van der Waals surface area contributed by atoms with E-state index in [9.17, 15) is 9.18 Å². The lowest BCUT2D eigenvalue weighted by Gasteiger charge is -2.25. The van der Waals surface area contributed by atoms with Crippen LogP contribution in [0, 0.1) is 11.7 Å². The fraction of sp³-hybridized carbons (Fsp3) is 0.500. The van der Waals surface area contributed by atoms with Crippen molar-refractivity contribution in [1.82, 2.24) is 5.32 Å². The number of nitrogens with one attached hydrogen (secondary N) is 1. The Hall–Kier alpha value is -2.02. The zero-order valence-electron chi connectivity index (χ0n) is 11.5. The van der Waals surface area contributed by atoms with Crippen LogP contribution in [-0.2, 0) is 4.79 Å². The molecular formula is C14H16FNO5. The average Bonchev–Trinajstić information content (AvgIpc) is 2.96. The summed E-state index contributed by atoms with van der Waals surface area (Å²) >= 11 is 0. The molecular weight excluding hydrogens is 281 g/mol. The van der Waals surface area contributed by atoms with Gasteiger partial charge in [0, 0.05) is 18.7 Å². The molecule has 2 atom stereocenters. The number of hydrogen-bond donors (Lipinski definition) is 2. The number of hydrogen-bond acceptors (Lipinski definition) is 5. The normalized spacial score (nSPS) is 23.9. The van der Waals surface area contributed by atoms with Crippen LogP contribution in [0.5, 0.6) is 17.2 Å². The van der Waals surface area contributed by atoms with E-state index >= 15 is 0 Å².